The summed E-state index contributed by atoms with van der Waals surface area (Å²) in [6, 6.07) is 10.8. The zero-order valence-corrected chi connectivity index (χ0v) is 9.80. The molecule has 0 aliphatic heterocycles. The van der Waals surface area contributed by atoms with E-state index < -0.39 is 11.7 Å². The van der Waals surface area contributed by atoms with Crippen LogP contribution in [0.4, 0.5) is 15.9 Å². The smallest absolute Gasteiger partial charge is 0.276 e. The summed E-state index contributed by atoms with van der Waals surface area (Å²) in [5, 5.41) is 0. The van der Waals surface area contributed by atoms with Crippen molar-refractivity contribution in [2.75, 3.05) is 17.7 Å². The lowest BCUT2D eigenvalue weighted by Crippen LogP contribution is -2.28. The number of pyridine rings is 1. The van der Waals surface area contributed by atoms with Gasteiger partial charge in [0, 0.05) is 7.05 Å². The van der Waals surface area contributed by atoms with Gasteiger partial charge in [0.1, 0.15) is 17.3 Å². The minimum absolute atomic E-state index is 0.181. The predicted molar refractivity (Wildman–Crippen MR) is 67.8 cm³/mol. The van der Waals surface area contributed by atoms with Crippen molar-refractivity contribution in [1.29, 1.82) is 0 Å². The van der Waals surface area contributed by atoms with Crippen LogP contribution in [0.1, 0.15) is 10.5 Å². The van der Waals surface area contributed by atoms with Gasteiger partial charge >= 0.3 is 0 Å². The van der Waals surface area contributed by atoms with E-state index in [0.29, 0.717) is 0 Å². The number of rotatable bonds is 2. The van der Waals surface area contributed by atoms with Crippen molar-refractivity contribution >= 4 is 17.4 Å². The van der Waals surface area contributed by atoms with Crippen molar-refractivity contribution in [1.82, 2.24) is 4.98 Å². The number of nitrogens with zero attached hydrogens (tertiary/aromatic N) is 2. The number of aromatic nitrogens is 1. The number of amides is 1. The molecule has 0 aliphatic carbocycles. The highest BCUT2D eigenvalue weighted by Crippen LogP contribution is 2.18. The summed E-state index contributed by atoms with van der Waals surface area (Å²) in [5.41, 5.74) is 5.89. The van der Waals surface area contributed by atoms with E-state index >= 15 is 0 Å². The highest BCUT2D eigenvalue weighted by molar-refractivity contribution is 6.04. The average Bonchev–Trinajstić information content (AvgIpc) is 2.37. The zero-order chi connectivity index (χ0) is 13.1. The van der Waals surface area contributed by atoms with E-state index in [1.54, 1.807) is 24.3 Å². The largest absolute Gasteiger partial charge is 0.384 e. The third kappa shape index (κ3) is 2.29. The van der Waals surface area contributed by atoms with Crippen LogP contribution in [0.5, 0.6) is 0 Å². The summed E-state index contributed by atoms with van der Waals surface area (Å²) in [7, 11) is 1.49. The summed E-state index contributed by atoms with van der Waals surface area (Å²) in [6.45, 7) is 0. The first kappa shape index (κ1) is 12.0. The van der Waals surface area contributed by atoms with Crippen molar-refractivity contribution in [3.05, 3.63) is 54.0 Å². The van der Waals surface area contributed by atoms with E-state index in [-0.39, 0.29) is 17.2 Å². The molecule has 1 aromatic heterocycles. The monoisotopic (exact) mass is 245 g/mol. The molecule has 0 aliphatic rings. The molecule has 0 saturated carbocycles. The molecule has 2 aromatic rings. The van der Waals surface area contributed by atoms with E-state index in [9.17, 15) is 9.18 Å². The highest BCUT2D eigenvalue weighted by Gasteiger charge is 2.17. The van der Waals surface area contributed by atoms with Crippen LogP contribution in [0.3, 0.4) is 0 Å². The first-order valence-electron chi connectivity index (χ1n) is 5.34. The molecular weight excluding hydrogens is 233 g/mol. The number of carbonyl (C=O) groups is 1. The molecule has 18 heavy (non-hydrogen) atoms. The lowest BCUT2D eigenvalue weighted by atomic mass is 10.2. The summed E-state index contributed by atoms with van der Waals surface area (Å²) in [6.07, 6.45) is 0. The minimum atomic E-state index is -0.461. The zero-order valence-electron chi connectivity index (χ0n) is 9.80. The summed E-state index contributed by atoms with van der Waals surface area (Å²) in [5.74, 6) is -0.618. The van der Waals surface area contributed by atoms with Gasteiger partial charge in [-0.15, -0.1) is 0 Å². The molecule has 2 rings (SSSR count). The Morgan fingerprint density at radius 3 is 2.61 bits per heavy atom. The number of nitrogens with two attached hydrogens (primary N) is 1. The molecule has 92 valence electrons. The van der Waals surface area contributed by atoms with Crippen LogP contribution < -0.4 is 10.6 Å². The molecule has 0 atom stereocenters. The van der Waals surface area contributed by atoms with E-state index in [2.05, 4.69) is 4.98 Å². The fourth-order valence-electron chi connectivity index (χ4n) is 1.58. The fourth-order valence-corrected chi connectivity index (χ4v) is 1.58. The summed E-state index contributed by atoms with van der Waals surface area (Å²) < 4.78 is 13.6. The molecular formula is C13H12FN3O. The van der Waals surface area contributed by atoms with Gasteiger partial charge in [0.15, 0.2) is 0 Å². The lowest BCUT2D eigenvalue weighted by Gasteiger charge is -2.17. The molecule has 0 spiro atoms. The summed E-state index contributed by atoms with van der Waals surface area (Å²) >= 11 is 0. The average molecular weight is 245 g/mol. The molecule has 5 heteroatoms. The van der Waals surface area contributed by atoms with Crippen molar-refractivity contribution in [2.24, 2.45) is 0 Å². The Morgan fingerprint density at radius 2 is 1.94 bits per heavy atom. The molecule has 1 amide bonds. The van der Waals surface area contributed by atoms with Gasteiger partial charge in [-0.05, 0) is 24.3 Å². The third-order valence-electron chi connectivity index (χ3n) is 2.51. The molecule has 4 nitrogen and oxygen atoms in total. The number of halogens is 1. The van der Waals surface area contributed by atoms with Crippen LogP contribution in [0, 0.1) is 5.82 Å². The van der Waals surface area contributed by atoms with Crippen LogP contribution in [0.2, 0.25) is 0 Å². The SMILES string of the molecule is CN(C(=O)c1cccc(N)n1)c1ccccc1F. The maximum absolute atomic E-state index is 13.6. The Bertz CT molecular complexity index is 586. The lowest BCUT2D eigenvalue weighted by molar-refractivity contribution is 0.0987. The fraction of sp³-hybridized carbons (Fsp3) is 0.0769. The number of hydrogen-bond acceptors (Lipinski definition) is 3. The van der Waals surface area contributed by atoms with Gasteiger partial charge in [-0.1, -0.05) is 18.2 Å². The van der Waals surface area contributed by atoms with Gasteiger partial charge in [-0.3, -0.25) is 4.79 Å². The molecule has 2 N–H and O–H groups in total. The number of anilines is 2. The van der Waals surface area contributed by atoms with Crippen LogP contribution in [-0.2, 0) is 0 Å². The maximum Gasteiger partial charge on any atom is 0.276 e. The second-order valence-electron chi connectivity index (χ2n) is 3.76. The quantitative estimate of drug-likeness (QED) is 0.881. The maximum atomic E-state index is 13.6. The number of carbonyl (C=O) groups excluding carboxylic acids is 1. The normalized spacial score (nSPS) is 10.1. The van der Waals surface area contributed by atoms with Gasteiger partial charge in [-0.2, -0.15) is 0 Å². The molecule has 1 aromatic carbocycles. The molecule has 0 bridgehead atoms. The van der Waals surface area contributed by atoms with Gasteiger partial charge in [0.05, 0.1) is 5.69 Å². The van der Waals surface area contributed by atoms with Crippen LogP contribution in [-0.4, -0.2) is 17.9 Å². The third-order valence-corrected chi connectivity index (χ3v) is 2.51. The second kappa shape index (κ2) is 4.83. The minimum Gasteiger partial charge on any atom is -0.384 e. The van der Waals surface area contributed by atoms with Gasteiger partial charge in [0.25, 0.3) is 5.91 Å². The summed E-state index contributed by atoms with van der Waals surface area (Å²) in [4.78, 5) is 17.2. The van der Waals surface area contributed by atoms with Crippen molar-refractivity contribution in [3.8, 4) is 0 Å². The van der Waals surface area contributed by atoms with Crippen LogP contribution >= 0.6 is 0 Å². The topological polar surface area (TPSA) is 59.2 Å². The van der Waals surface area contributed by atoms with Crippen LogP contribution in [0.25, 0.3) is 0 Å². The van der Waals surface area contributed by atoms with E-state index in [1.807, 2.05) is 0 Å². The second-order valence-corrected chi connectivity index (χ2v) is 3.76. The number of nitrogen functional groups attached to an aromatic ring is 1. The molecule has 0 fully saturated rings. The van der Waals surface area contributed by atoms with Crippen molar-refractivity contribution in [2.45, 2.75) is 0 Å². The van der Waals surface area contributed by atoms with E-state index in [4.69, 9.17) is 5.73 Å². The first-order chi connectivity index (χ1) is 8.59. The van der Waals surface area contributed by atoms with E-state index in [1.165, 1.54) is 30.1 Å². The Morgan fingerprint density at radius 1 is 1.22 bits per heavy atom. The highest BCUT2D eigenvalue weighted by atomic mass is 19.1. The Hall–Kier alpha value is -2.43. The molecule has 1 heterocycles. The molecule has 0 saturated heterocycles. The molecule has 0 unspecified atom stereocenters. The van der Waals surface area contributed by atoms with Gasteiger partial charge in [-0.25, -0.2) is 9.37 Å². The van der Waals surface area contributed by atoms with E-state index in [0.717, 1.165) is 0 Å². The number of para-hydroxylation sites is 1. The van der Waals surface area contributed by atoms with Gasteiger partial charge in [0.2, 0.25) is 0 Å². The first-order valence-corrected chi connectivity index (χ1v) is 5.34. The Labute approximate surface area is 104 Å². The standard InChI is InChI=1S/C13H12FN3O/c1-17(11-7-3-2-5-9(11)14)13(18)10-6-4-8-12(15)16-10/h2-8H,1H3,(H2,15,16). The number of benzene rings is 1. The van der Waals surface area contributed by atoms with Crippen LogP contribution in [0.15, 0.2) is 42.5 Å². The van der Waals surface area contributed by atoms with Gasteiger partial charge < -0.3 is 10.6 Å². The van der Waals surface area contributed by atoms with Crippen molar-refractivity contribution < 1.29 is 9.18 Å². The molecule has 0 radical (unpaired) electrons. The number of hydrogen-bond donors (Lipinski definition) is 1. The Kier molecular flexibility index (Phi) is 3.23. The predicted octanol–water partition coefficient (Wildman–Crippen LogP) is 2.08. The Balaban J connectivity index is 2.32. The van der Waals surface area contributed by atoms with Crippen molar-refractivity contribution in [3.63, 3.8) is 0 Å².